The monoisotopic (exact) mass is 502 g/mol. The summed E-state index contributed by atoms with van der Waals surface area (Å²) in [4.78, 5) is 52.7. The quantitative estimate of drug-likeness (QED) is 0.0962. The van der Waals surface area contributed by atoms with E-state index in [2.05, 4.69) is 9.99 Å². The SMILES string of the molecule is COCC(C)OC(=O)CCC/C(=N\OC(C)=O)C(=O)c1ccc(Sc2ccc([N+](=O)[O-])cc2)cc1. The Labute approximate surface area is 206 Å². The zero-order chi connectivity index (χ0) is 25.8. The lowest BCUT2D eigenvalue weighted by Crippen LogP contribution is -2.20. The molecule has 2 aromatic rings. The number of rotatable bonds is 13. The van der Waals surface area contributed by atoms with Crippen LogP contribution in [0.15, 0.2) is 63.5 Å². The zero-order valence-electron chi connectivity index (χ0n) is 19.6. The molecule has 35 heavy (non-hydrogen) atoms. The molecule has 0 spiro atoms. The normalized spacial score (nSPS) is 12.0. The van der Waals surface area contributed by atoms with Crippen LogP contribution in [0.5, 0.6) is 0 Å². The summed E-state index contributed by atoms with van der Waals surface area (Å²) in [5.41, 5.74) is 0.349. The van der Waals surface area contributed by atoms with Crippen LogP contribution in [-0.2, 0) is 23.9 Å². The van der Waals surface area contributed by atoms with Crippen molar-refractivity contribution in [3.8, 4) is 0 Å². The van der Waals surface area contributed by atoms with E-state index < -0.39 is 22.6 Å². The number of carbonyl (C=O) groups is 3. The second-order valence-corrected chi connectivity index (χ2v) is 8.58. The van der Waals surface area contributed by atoms with Gasteiger partial charge in [0.2, 0.25) is 5.78 Å². The number of methoxy groups -OCH3 is 1. The first-order chi connectivity index (χ1) is 16.7. The van der Waals surface area contributed by atoms with Gasteiger partial charge in [-0.1, -0.05) is 16.9 Å². The van der Waals surface area contributed by atoms with Gasteiger partial charge in [0, 0.05) is 47.9 Å². The van der Waals surface area contributed by atoms with Gasteiger partial charge in [0.05, 0.1) is 11.5 Å². The van der Waals surface area contributed by atoms with E-state index in [1.54, 1.807) is 43.3 Å². The highest BCUT2D eigenvalue weighted by molar-refractivity contribution is 7.99. The number of nitro benzene ring substituents is 1. The number of ketones is 1. The molecule has 0 radical (unpaired) electrons. The first-order valence-electron chi connectivity index (χ1n) is 10.7. The molecule has 0 bridgehead atoms. The Morgan fingerprint density at radius 2 is 1.63 bits per heavy atom. The van der Waals surface area contributed by atoms with Crippen LogP contribution in [0.25, 0.3) is 0 Å². The van der Waals surface area contributed by atoms with Crippen molar-refractivity contribution in [2.45, 2.75) is 49.0 Å². The smallest absolute Gasteiger partial charge is 0.331 e. The molecular formula is C24H26N2O8S. The lowest BCUT2D eigenvalue weighted by Gasteiger charge is -2.12. The average molecular weight is 503 g/mol. The zero-order valence-corrected chi connectivity index (χ0v) is 20.4. The first-order valence-corrected chi connectivity index (χ1v) is 11.5. The molecule has 0 N–H and O–H groups in total. The molecule has 0 aliphatic heterocycles. The van der Waals surface area contributed by atoms with Crippen molar-refractivity contribution in [1.82, 2.24) is 0 Å². The predicted molar refractivity (Wildman–Crippen MR) is 128 cm³/mol. The van der Waals surface area contributed by atoms with Crippen molar-refractivity contribution in [3.63, 3.8) is 0 Å². The standard InChI is InChI=1S/C24H26N2O8S/c1-16(15-32-3)33-23(28)6-4-5-22(25-34-17(2)27)24(29)18-7-11-20(12-8-18)35-21-13-9-19(10-14-21)26(30)31/h7-14,16H,4-6,15H2,1-3H3/b25-22+. The average Bonchev–Trinajstić information content (AvgIpc) is 2.81. The Morgan fingerprint density at radius 3 is 2.17 bits per heavy atom. The fourth-order valence-corrected chi connectivity index (χ4v) is 3.70. The van der Waals surface area contributed by atoms with E-state index in [0.29, 0.717) is 5.56 Å². The number of ether oxygens (including phenoxy) is 2. The third kappa shape index (κ3) is 9.67. The number of hydrogen-bond donors (Lipinski definition) is 0. The van der Waals surface area contributed by atoms with Crippen molar-refractivity contribution in [2.24, 2.45) is 5.16 Å². The Hall–Kier alpha value is -3.57. The van der Waals surface area contributed by atoms with E-state index in [9.17, 15) is 24.5 Å². The van der Waals surface area contributed by atoms with E-state index in [4.69, 9.17) is 9.47 Å². The molecule has 2 aromatic carbocycles. The van der Waals surface area contributed by atoms with E-state index in [1.807, 2.05) is 0 Å². The molecule has 0 heterocycles. The van der Waals surface area contributed by atoms with Gasteiger partial charge in [0.25, 0.3) is 5.69 Å². The lowest BCUT2D eigenvalue weighted by atomic mass is 10.0. The maximum Gasteiger partial charge on any atom is 0.331 e. The van der Waals surface area contributed by atoms with Gasteiger partial charge in [-0.15, -0.1) is 0 Å². The highest BCUT2D eigenvalue weighted by Gasteiger charge is 2.17. The molecule has 11 heteroatoms. The van der Waals surface area contributed by atoms with Crippen LogP contribution in [-0.4, -0.2) is 48.2 Å². The molecule has 1 atom stereocenters. The lowest BCUT2D eigenvalue weighted by molar-refractivity contribution is -0.384. The predicted octanol–water partition coefficient (Wildman–Crippen LogP) is 4.60. The fraction of sp³-hybridized carbons (Fsp3) is 0.333. The van der Waals surface area contributed by atoms with Crippen LogP contribution in [0, 0.1) is 10.1 Å². The summed E-state index contributed by atoms with van der Waals surface area (Å²) in [5.74, 6) is -1.53. The van der Waals surface area contributed by atoms with Crippen molar-refractivity contribution >= 4 is 40.9 Å². The molecule has 0 saturated heterocycles. The van der Waals surface area contributed by atoms with Gasteiger partial charge in [-0.3, -0.25) is 19.7 Å². The summed E-state index contributed by atoms with van der Waals surface area (Å²) in [5, 5.41) is 14.5. The minimum absolute atomic E-state index is 0.00708. The molecule has 0 aliphatic carbocycles. The molecule has 0 saturated carbocycles. The van der Waals surface area contributed by atoms with Gasteiger partial charge >= 0.3 is 11.9 Å². The number of carbonyl (C=O) groups excluding carboxylic acids is 3. The number of esters is 1. The van der Waals surface area contributed by atoms with Gasteiger partial charge in [0.15, 0.2) is 0 Å². The minimum Gasteiger partial charge on any atom is -0.460 e. The number of benzene rings is 2. The Bertz CT molecular complexity index is 1070. The van der Waals surface area contributed by atoms with Crippen LogP contribution < -0.4 is 0 Å². The second kappa shape index (κ2) is 14.0. The number of nitrogens with zero attached hydrogens (tertiary/aromatic N) is 2. The summed E-state index contributed by atoms with van der Waals surface area (Å²) in [6.45, 7) is 3.16. The molecular weight excluding hydrogens is 476 g/mol. The summed E-state index contributed by atoms with van der Waals surface area (Å²) in [6, 6.07) is 12.8. The van der Waals surface area contributed by atoms with Crippen LogP contribution in [0.2, 0.25) is 0 Å². The van der Waals surface area contributed by atoms with Crippen molar-refractivity contribution < 1.29 is 33.6 Å². The highest BCUT2D eigenvalue weighted by Crippen LogP contribution is 2.29. The van der Waals surface area contributed by atoms with E-state index in [-0.39, 0.29) is 43.4 Å². The van der Waals surface area contributed by atoms with Crippen molar-refractivity contribution in [1.29, 1.82) is 0 Å². The molecule has 1 unspecified atom stereocenters. The first kappa shape index (κ1) is 27.7. The number of non-ortho nitro benzene ring substituents is 1. The number of Topliss-reactive ketones (excluding diaryl/α,β-unsaturated/α-hetero) is 1. The third-order valence-electron chi connectivity index (χ3n) is 4.47. The summed E-state index contributed by atoms with van der Waals surface area (Å²) in [6.07, 6.45) is 0.0637. The highest BCUT2D eigenvalue weighted by atomic mass is 32.2. The van der Waals surface area contributed by atoms with Gasteiger partial charge in [0.1, 0.15) is 11.8 Å². The number of oxime groups is 1. The molecule has 10 nitrogen and oxygen atoms in total. The summed E-state index contributed by atoms with van der Waals surface area (Å²) in [7, 11) is 1.51. The molecule has 0 fully saturated rings. The van der Waals surface area contributed by atoms with Crippen molar-refractivity contribution in [3.05, 3.63) is 64.2 Å². The Balaban J connectivity index is 2.02. The molecule has 0 aliphatic rings. The maximum absolute atomic E-state index is 12.9. The van der Waals surface area contributed by atoms with E-state index in [0.717, 1.165) is 9.79 Å². The van der Waals surface area contributed by atoms with Gasteiger partial charge < -0.3 is 14.3 Å². The Kier molecular flexibility index (Phi) is 11.0. The Morgan fingerprint density at radius 1 is 1.03 bits per heavy atom. The topological polar surface area (TPSA) is 134 Å². The number of hydrogen-bond acceptors (Lipinski definition) is 10. The second-order valence-electron chi connectivity index (χ2n) is 7.44. The van der Waals surface area contributed by atoms with Crippen LogP contribution >= 0.6 is 11.8 Å². The minimum atomic E-state index is -0.669. The van der Waals surface area contributed by atoms with Gasteiger partial charge in [-0.05, 0) is 56.2 Å². The van der Waals surface area contributed by atoms with Crippen LogP contribution in [0.3, 0.4) is 0 Å². The fourth-order valence-electron chi connectivity index (χ4n) is 2.89. The van der Waals surface area contributed by atoms with Gasteiger partial charge in [-0.2, -0.15) is 0 Å². The number of nitro groups is 1. The van der Waals surface area contributed by atoms with E-state index in [1.165, 1.54) is 37.9 Å². The van der Waals surface area contributed by atoms with Crippen molar-refractivity contribution in [2.75, 3.05) is 13.7 Å². The summed E-state index contributed by atoms with van der Waals surface area (Å²) < 4.78 is 10.1. The summed E-state index contributed by atoms with van der Waals surface area (Å²) >= 11 is 1.38. The molecule has 186 valence electrons. The molecule has 0 amide bonds. The third-order valence-corrected chi connectivity index (χ3v) is 5.49. The van der Waals surface area contributed by atoms with Gasteiger partial charge in [-0.25, -0.2) is 4.79 Å². The largest absolute Gasteiger partial charge is 0.460 e. The van der Waals surface area contributed by atoms with E-state index >= 15 is 0 Å². The molecule has 0 aromatic heterocycles. The van der Waals surface area contributed by atoms with Crippen LogP contribution in [0.1, 0.15) is 43.5 Å². The van der Waals surface area contributed by atoms with Crippen LogP contribution in [0.4, 0.5) is 5.69 Å². The maximum atomic E-state index is 12.9. The molecule has 2 rings (SSSR count).